The van der Waals surface area contributed by atoms with Crippen LogP contribution in [0.25, 0.3) is 0 Å². The van der Waals surface area contributed by atoms with E-state index >= 15 is 0 Å². The van der Waals surface area contributed by atoms with Gasteiger partial charge in [-0.1, -0.05) is 41.5 Å². The quantitative estimate of drug-likeness (QED) is 0.854. The number of hydrogen-bond acceptors (Lipinski definition) is 3. The van der Waals surface area contributed by atoms with Crippen LogP contribution in [-0.2, 0) is 5.41 Å². The maximum absolute atomic E-state index is 6.04. The fourth-order valence-electron chi connectivity index (χ4n) is 2.33. The summed E-state index contributed by atoms with van der Waals surface area (Å²) in [6.45, 7) is 16.4. The third-order valence-corrected chi connectivity index (χ3v) is 4.98. The summed E-state index contributed by atoms with van der Waals surface area (Å²) in [4.78, 5) is 5.36. The summed E-state index contributed by atoms with van der Waals surface area (Å²) in [6, 6.07) is 4.91. The standard InChI is InChI=1S/C16H30N2S/c1-7-18(11-12(2)3)13(10-17)14-8-9-15(19-14)16(4,5)6/h8-9,12-13H,7,10-11,17H2,1-6H3. The normalized spacial score (nSPS) is 14.4. The third kappa shape index (κ3) is 4.59. The van der Waals surface area contributed by atoms with Crippen molar-refractivity contribution in [3.05, 3.63) is 21.9 Å². The van der Waals surface area contributed by atoms with Crippen molar-refractivity contribution in [3.8, 4) is 0 Å². The minimum atomic E-state index is 0.233. The molecule has 0 aliphatic heterocycles. The average molecular weight is 282 g/mol. The molecule has 0 fully saturated rings. The molecule has 0 aliphatic carbocycles. The molecule has 0 saturated carbocycles. The van der Waals surface area contributed by atoms with Gasteiger partial charge >= 0.3 is 0 Å². The van der Waals surface area contributed by atoms with E-state index in [-0.39, 0.29) is 5.41 Å². The maximum atomic E-state index is 6.04. The first-order valence-electron chi connectivity index (χ1n) is 7.33. The lowest BCUT2D eigenvalue weighted by Crippen LogP contribution is -2.35. The fourth-order valence-corrected chi connectivity index (χ4v) is 3.54. The van der Waals surface area contributed by atoms with Crippen LogP contribution in [0.2, 0.25) is 0 Å². The van der Waals surface area contributed by atoms with Gasteiger partial charge < -0.3 is 5.73 Å². The van der Waals surface area contributed by atoms with E-state index in [0.717, 1.165) is 13.1 Å². The van der Waals surface area contributed by atoms with E-state index in [9.17, 15) is 0 Å². The molecule has 0 amide bonds. The van der Waals surface area contributed by atoms with Crippen molar-refractivity contribution < 1.29 is 0 Å². The van der Waals surface area contributed by atoms with Crippen molar-refractivity contribution in [2.24, 2.45) is 11.7 Å². The molecule has 0 aromatic carbocycles. The second-order valence-corrected chi connectivity index (χ2v) is 7.80. The van der Waals surface area contributed by atoms with E-state index in [2.05, 4.69) is 58.6 Å². The van der Waals surface area contributed by atoms with Crippen LogP contribution in [0.3, 0.4) is 0 Å². The molecule has 0 radical (unpaired) electrons. The van der Waals surface area contributed by atoms with Crippen molar-refractivity contribution >= 4 is 11.3 Å². The van der Waals surface area contributed by atoms with Crippen molar-refractivity contribution in [3.63, 3.8) is 0 Å². The highest BCUT2D eigenvalue weighted by molar-refractivity contribution is 7.12. The lowest BCUT2D eigenvalue weighted by Gasteiger charge is -2.30. The van der Waals surface area contributed by atoms with E-state index < -0.39 is 0 Å². The number of nitrogens with two attached hydrogens (primary N) is 1. The van der Waals surface area contributed by atoms with Gasteiger partial charge in [-0.15, -0.1) is 11.3 Å². The monoisotopic (exact) mass is 282 g/mol. The molecule has 110 valence electrons. The molecule has 0 aliphatic rings. The van der Waals surface area contributed by atoms with Crippen LogP contribution in [0.5, 0.6) is 0 Å². The van der Waals surface area contributed by atoms with Crippen LogP contribution >= 0.6 is 11.3 Å². The van der Waals surface area contributed by atoms with E-state index in [4.69, 9.17) is 5.73 Å². The Labute approximate surface area is 123 Å². The minimum Gasteiger partial charge on any atom is -0.329 e. The van der Waals surface area contributed by atoms with E-state index in [1.165, 1.54) is 9.75 Å². The molecule has 0 bridgehead atoms. The predicted molar refractivity (Wildman–Crippen MR) is 86.9 cm³/mol. The van der Waals surface area contributed by atoms with Crippen LogP contribution in [0.15, 0.2) is 12.1 Å². The first-order valence-corrected chi connectivity index (χ1v) is 8.15. The zero-order valence-electron chi connectivity index (χ0n) is 13.4. The van der Waals surface area contributed by atoms with Gasteiger partial charge in [-0.3, -0.25) is 4.90 Å². The molecule has 1 atom stereocenters. The highest BCUT2D eigenvalue weighted by Gasteiger charge is 2.23. The van der Waals surface area contributed by atoms with Gasteiger partial charge in [0.1, 0.15) is 0 Å². The van der Waals surface area contributed by atoms with Gasteiger partial charge in [-0.05, 0) is 30.0 Å². The van der Waals surface area contributed by atoms with Crippen molar-refractivity contribution in [2.45, 2.75) is 53.0 Å². The summed E-state index contributed by atoms with van der Waals surface area (Å²) in [6.07, 6.45) is 0. The summed E-state index contributed by atoms with van der Waals surface area (Å²) in [5.41, 5.74) is 6.27. The second kappa shape index (κ2) is 6.87. The Bertz CT molecular complexity index is 376. The van der Waals surface area contributed by atoms with E-state index in [1.54, 1.807) is 0 Å². The van der Waals surface area contributed by atoms with Crippen LogP contribution in [0, 0.1) is 5.92 Å². The van der Waals surface area contributed by atoms with Crippen LogP contribution in [0.4, 0.5) is 0 Å². The molecular weight excluding hydrogens is 252 g/mol. The Hall–Kier alpha value is -0.380. The molecule has 2 nitrogen and oxygen atoms in total. The van der Waals surface area contributed by atoms with E-state index in [1.807, 2.05) is 11.3 Å². The largest absolute Gasteiger partial charge is 0.329 e. The molecule has 0 saturated heterocycles. The average Bonchev–Trinajstić information content (AvgIpc) is 2.77. The molecule has 2 N–H and O–H groups in total. The molecule has 0 spiro atoms. The smallest absolute Gasteiger partial charge is 0.0564 e. The molecule has 1 aromatic rings. The van der Waals surface area contributed by atoms with Crippen molar-refractivity contribution in [1.82, 2.24) is 4.90 Å². The summed E-state index contributed by atoms with van der Waals surface area (Å²) in [5, 5.41) is 0. The number of likely N-dealkylation sites (N-methyl/N-ethyl adjacent to an activating group) is 1. The van der Waals surface area contributed by atoms with Gasteiger partial charge in [0.2, 0.25) is 0 Å². The van der Waals surface area contributed by atoms with Crippen LogP contribution < -0.4 is 5.73 Å². The number of hydrogen-bond donors (Lipinski definition) is 1. The summed E-state index contributed by atoms with van der Waals surface area (Å²) in [7, 11) is 0. The minimum absolute atomic E-state index is 0.233. The zero-order chi connectivity index (χ0) is 14.6. The molecule has 3 heteroatoms. The summed E-state index contributed by atoms with van der Waals surface area (Å²) < 4.78 is 0. The third-order valence-electron chi connectivity index (χ3n) is 3.36. The molecule has 1 aromatic heterocycles. The van der Waals surface area contributed by atoms with Crippen LogP contribution in [-0.4, -0.2) is 24.5 Å². The highest BCUT2D eigenvalue weighted by Crippen LogP contribution is 2.34. The number of rotatable bonds is 6. The Balaban J connectivity index is 2.92. The van der Waals surface area contributed by atoms with Gasteiger partial charge in [-0.25, -0.2) is 0 Å². The molecule has 1 rings (SSSR count). The van der Waals surface area contributed by atoms with Gasteiger partial charge in [-0.2, -0.15) is 0 Å². The maximum Gasteiger partial charge on any atom is 0.0564 e. The summed E-state index contributed by atoms with van der Waals surface area (Å²) >= 11 is 1.92. The van der Waals surface area contributed by atoms with Gasteiger partial charge in [0.05, 0.1) is 6.04 Å². The molecule has 19 heavy (non-hydrogen) atoms. The Morgan fingerprint density at radius 3 is 2.26 bits per heavy atom. The fraction of sp³-hybridized carbons (Fsp3) is 0.750. The van der Waals surface area contributed by atoms with Gasteiger partial charge in [0, 0.05) is 22.8 Å². The lowest BCUT2D eigenvalue weighted by atomic mass is 9.95. The zero-order valence-corrected chi connectivity index (χ0v) is 14.2. The van der Waals surface area contributed by atoms with Crippen molar-refractivity contribution in [1.29, 1.82) is 0 Å². The lowest BCUT2D eigenvalue weighted by molar-refractivity contribution is 0.192. The van der Waals surface area contributed by atoms with E-state index in [0.29, 0.717) is 18.5 Å². The van der Waals surface area contributed by atoms with Gasteiger partial charge in [0.25, 0.3) is 0 Å². The predicted octanol–water partition coefficient (Wildman–Crippen LogP) is 4.02. The highest BCUT2D eigenvalue weighted by atomic mass is 32.1. The number of nitrogens with zero attached hydrogens (tertiary/aromatic N) is 1. The molecular formula is C16H30N2S. The first kappa shape index (κ1) is 16.7. The number of thiophene rings is 1. The first-order chi connectivity index (χ1) is 8.79. The Kier molecular flexibility index (Phi) is 6.03. The summed E-state index contributed by atoms with van der Waals surface area (Å²) in [5.74, 6) is 0.677. The van der Waals surface area contributed by atoms with Crippen LogP contribution in [0.1, 0.15) is 57.3 Å². The Morgan fingerprint density at radius 2 is 1.89 bits per heavy atom. The topological polar surface area (TPSA) is 29.3 Å². The Morgan fingerprint density at radius 1 is 1.26 bits per heavy atom. The second-order valence-electron chi connectivity index (χ2n) is 6.68. The SMILES string of the molecule is CCN(CC(C)C)C(CN)c1ccc(C(C)(C)C)s1. The van der Waals surface area contributed by atoms with Gasteiger partial charge in [0.15, 0.2) is 0 Å². The van der Waals surface area contributed by atoms with Crippen molar-refractivity contribution in [2.75, 3.05) is 19.6 Å². The molecule has 1 heterocycles. The molecule has 1 unspecified atom stereocenters.